The predicted molar refractivity (Wildman–Crippen MR) is 72.4 cm³/mol. The number of rotatable bonds is 4. The minimum absolute atomic E-state index is 0.625. The van der Waals surface area contributed by atoms with Crippen LogP contribution in [0.5, 0.6) is 0 Å². The molecule has 0 aromatic carbocycles. The molecule has 1 saturated carbocycles. The summed E-state index contributed by atoms with van der Waals surface area (Å²) in [5, 5.41) is 7.72. The zero-order valence-electron chi connectivity index (χ0n) is 10.2. The van der Waals surface area contributed by atoms with Crippen molar-refractivity contribution in [2.45, 2.75) is 30.5 Å². The van der Waals surface area contributed by atoms with E-state index in [1.54, 1.807) is 18.8 Å². The van der Waals surface area contributed by atoms with Gasteiger partial charge in [0.15, 0.2) is 5.96 Å². The molecule has 17 heavy (non-hydrogen) atoms. The van der Waals surface area contributed by atoms with Crippen LogP contribution >= 0.6 is 11.8 Å². The van der Waals surface area contributed by atoms with Gasteiger partial charge in [0.05, 0.1) is 5.03 Å². The number of aliphatic imine (C=N–C) groups is 1. The highest BCUT2D eigenvalue weighted by molar-refractivity contribution is 7.98. The fraction of sp³-hybridized carbons (Fsp3) is 0.500. The van der Waals surface area contributed by atoms with Crippen LogP contribution in [-0.2, 0) is 6.54 Å². The zero-order valence-corrected chi connectivity index (χ0v) is 11.0. The van der Waals surface area contributed by atoms with E-state index in [4.69, 9.17) is 0 Å². The second-order valence-electron chi connectivity index (χ2n) is 4.05. The molecular weight excluding hydrogens is 232 g/mol. The molecule has 5 heteroatoms. The third-order valence-electron chi connectivity index (χ3n) is 2.61. The molecule has 1 aromatic heterocycles. The van der Waals surface area contributed by atoms with Gasteiger partial charge in [-0.2, -0.15) is 0 Å². The molecule has 92 valence electrons. The van der Waals surface area contributed by atoms with Crippen molar-refractivity contribution in [2.24, 2.45) is 4.99 Å². The first-order valence-electron chi connectivity index (χ1n) is 5.78. The Morgan fingerprint density at radius 3 is 3.06 bits per heavy atom. The summed E-state index contributed by atoms with van der Waals surface area (Å²) < 4.78 is 0. The molecule has 0 unspecified atom stereocenters. The minimum Gasteiger partial charge on any atom is -0.354 e. The van der Waals surface area contributed by atoms with Crippen molar-refractivity contribution in [1.29, 1.82) is 0 Å². The number of hydrogen-bond donors (Lipinski definition) is 2. The van der Waals surface area contributed by atoms with Gasteiger partial charge in [-0.3, -0.25) is 4.99 Å². The van der Waals surface area contributed by atoms with E-state index in [9.17, 15) is 0 Å². The number of hydrogen-bond acceptors (Lipinski definition) is 3. The molecule has 0 atom stereocenters. The van der Waals surface area contributed by atoms with Crippen LogP contribution in [0.3, 0.4) is 0 Å². The lowest BCUT2D eigenvalue weighted by Gasteiger charge is -2.11. The molecule has 0 amide bonds. The lowest BCUT2D eigenvalue weighted by Crippen LogP contribution is -2.38. The van der Waals surface area contributed by atoms with Crippen molar-refractivity contribution >= 4 is 17.7 Å². The van der Waals surface area contributed by atoms with Crippen LogP contribution in [0, 0.1) is 0 Å². The van der Waals surface area contributed by atoms with Crippen LogP contribution in [0.15, 0.2) is 28.3 Å². The third-order valence-corrected chi connectivity index (χ3v) is 3.25. The molecule has 1 heterocycles. The van der Waals surface area contributed by atoms with Crippen LogP contribution in [-0.4, -0.2) is 30.3 Å². The number of thioether (sulfide) groups is 1. The molecule has 1 fully saturated rings. The molecule has 4 nitrogen and oxygen atoms in total. The largest absolute Gasteiger partial charge is 0.354 e. The van der Waals surface area contributed by atoms with Crippen LogP contribution in [0.1, 0.15) is 18.4 Å². The fourth-order valence-electron chi connectivity index (χ4n) is 1.47. The number of nitrogens with zero attached hydrogens (tertiary/aromatic N) is 2. The van der Waals surface area contributed by atoms with E-state index >= 15 is 0 Å². The van der Waals surface area contributed by atoms with Gasteiger partial charge in [-0.25, -0.2) is 4.98 Å². The zero-order chi connectivity index (χ0) is 12.1. The van der Waals surface area contributed by atoms with E-state index in [1.165, 1.54) is 18.4 Å². The van der Waals surface area contributed by atoms with Crippen molar-refractivity contribution in [3.8, 4) is 0 Å². The molecule has 0 radical (unpaired) electrons. The van der Waals surface area contributed by atoms with Crippen LogP contribution in [0.25, 0.3) is 0 Å². The average Bonchev–Trinajstić information content (AvgIpc) is 3.18. The lowest BCUT2D eigenvalue weighted by atomic mass is 10.3. The van der Waals surface area contributed by atoms with E-state index in [1.807, 2.05) is 18.5 Å². The molecular formula is C12H18N4S. The number of nitrogens with one attached hydrogen (secondary N) is 2. The smallest absolute Gasteiger partial charge is 0.191 e. The van der Waals surface area contributed by atoms with E-state index in [2.05, 4.69) is 26.7 Å². The second kappa shape index (κ2) is 5.91. The first kappa shape index (κ1) is 12.2. The van der Waals surface area contributed by atoms with E-state index < -0.39 is 0 Å². The SMILES string of the molecule is CN=C(NCc1ccnc(SC)c1)NC1CC1. The Hall–Kier alpha value is -1.23. The van der Waals surface area contributed by atoms with Crippen LogP contribution in [0.4, 0.5) is 0 Å². The molecule has 1 aliphatic carbocycles. The maximum atomic E-state index is 4.25. The Morgan fingerprint density at radius 1 is 1.59 bits per heavy atom. The second-order valence-corrected chi connectivity index (χ2v) is 4.88. The van der Waals surface area contributed by atoms with E-state index in [-0.39, 0.29) is 0 Å². The monoisotopic (exact) mass is 250 g/mol. The van der Waals surface area contributed by atoms with Crippen molar-refractivity contribution in [3.05, 3.63) is 23.9 Å². The normalized spacial score (nSPS) is 15.8. The highest BCUT2D eigenvalue weighted by Crippen LogP contribution is 2.18. The van der Waals surface area contributed by atoms with Crippen molar-refractivity contribution in [2.75, 3.05) is 13.3 Å². The van der Waals surface area contributed by atoms with Gasteiger partial charge in [-0.05, 0) is 36.8 Å². The summed E-state index contributed by atoms with van der Waals surface area (Å²) in [6, 6.07) is 4.75. The number of guanidine groups is 1. The van der Waals surface area contributed by atoms with Crippen molar-refractivity contribution in [1.82, 2.24) is 15.6 Å². The summed E-state index contributed by atoms with van der Waals surface area (Å²) in [5.74, 6) is 0.884. The predicted octanol–water partition coefficient (Wildman–Crippen LogP) is 1.63. The van der Waals surface area contributed by atoms with Gasteiger partial charge in [-0.15, -0.1) is 11.8 Å². The van der Waals surface area contributed by atoms with Crippen LogP contribution in [0.2, 0.25) is 0 Å². The number of pyridine rings is 1. The number of aromatic nitrogens is 1. The molecule has 0 bridgehead atoms. The lowest BCUT2D eigenvalue weighted by molar-refractivity contribution is 0.802. The Morgan fingerprint density at radius 2 is 2.41 bits per heavy atom. The van der Waals surface area contributed by atoms with Gasteiger partial charge in [0, 0.05) is 25.8 Å². The third kappa shape index (κ3) is 3.93. The van der Waals surface area contributed by atoms with Crippen molar-refractivity contribution < 1.29 is 0 Å². The van der Waals surface area contributed by atoms with Gasteiger partial charge in [0.1, 0.15) is 0 Å². The topological polar surface area (TPSA) is 49.3 Å². The molecule has 1 aliphatic rings. The Kier molecular flexibility index (Phi) is 4.25. The standard InChI is InChI=1S/C12H18N4S/c1-13-12(16-10-3-4-10)15-8-9-5-6-14-11(7-9)17-2/h5-7,10H,3-4,8H2,1-2H3,(H2,13,15,16). The van der Waals surface area contributed by atoms with Gasteiger partial charge in [0.2, 0.25) is 0 Å². The molecule has 2 N–H and O–H groups in total. The maximum absolute atomic E-state index is 4.25. The highest BCUT2D eigenvalue weighted by atomic mass is 32.2. The van der Waals surface area contributed by atoms with E-state index in [0.717, 1.165) is 17.5 Å². The Bertz CT molecular complexity index is 401. The Labute approximate surface area is 106 Å². The summed E-state index contributed by atoms with van der Waals surface area (Å²) in [4.78, 5) is 8.45. The molecule has 1 aromatic rings. The highest BCUT2D eigenvalue weighted by Gasteiger charge is 2.21. The van der Waals surface area contributed by atoms with Crippen molar-refractivity contribution in [3.63, 3.8) is 0 Å². The molecule has 0 aliphatic heterocycles. The van der Waals surface area contributed by atoms with Gasteiger partial charge in [-0.1, -0.05) is 0 Å². The van der Waals surface area contributed by atoms with Gasteiger partial charge >= 0.3 is 0 Å². The maximum Gasteiger partial charge on any atom is 0.191 e. The average molecular weight is 250 g/mol. The summed E-state index contributed by atoms with van der Waals surface area (Å²) in [7, 11) is 1.80. The molecule has 0 spiro atoms. The fourth-order valence-corrected chi connectivity index (χ4v) is 1.91. The minimum atomic E-state index is 0.625. The first-order chi connectivity index (χ1) is 8.31. The first-order valence-corrected chi connectivity index (χ1v) is 7.00. The van der Waals surface area contributed by atoms with Gasteiger partial charge in [0.25, 0.3) is 0 Å². The molecule has 0 saturated heterocycles. The molecule has 2 rings (SSSR count). The van der Waals surface area contributed by atoms with E-state index in [0.29, 0.717) is 6.04 Å². The summed E-state index contributed by atoms with van der Waals surface area (Å²) >= 11 is 1.66. The Balaban J connectivity index is 1.86. The van der Waals surface area contributed by atoms with Gasteiger partial charge < -0.3 is 10.6 Å². The quantitative estimate of drug-likeness (QED) is 0.484. The summed E-state index contributed by atoms with van der Waals surface area (Å²) in [5.41, 5.74) is 1.23. The summed E-state index contributed by atoms with van der Waals surface area (Å²) in [6.07, 6.45) is 6.40. The van der Waals surface area contributed by atoms with Crippen LogP contribution < -0.4 is 10.6 Å². The summed E-state index contributed by atoms with van der Waals surface area (Å²) in [6.45, 7) is 0.780.